The lowest BCUT2D eigenvalue weighted by atomic mass is 9.86. The van der Waals surface area contributed by atoms with Gasteiger partial charge in [0.05, 0.1) is 41.9 Å². The Kier molecular flexibility index (Phi) is 7.31. The van der Waals surface area contributed by atoms with Crippen LogP contribution in [0.3, 0.4) is 0 Å². The topological polar surface area (TPSA) is 51.0 Å². The SMILES string of the molecule is CS(=O)(=NCc1ccc(C2=NOC(c3cc(Cl)c(F)c(Cl)c3)(C(F)(F)F)C2)cc1)c1ccccc1Cl. The third-order valence-corrected chi connectivity index (χ3v) is 8.45. The second-order valence-electron chi connectivity index (χ2n) is 8.10. The van der Waals surface area contributed by atoms with Crippen molar-refractivity contribution in [1.29, 1.82) is 0 Å². The summed E-state index contributed by atoms with van der Waals surface area (Å²) in [5.41, 5.74) is -2.24. The molecule has 0 radical (unpaired) electrons. The molecular formula is C24H17Cl3F4N2O2S. The van der Waals surface area contributed by atoms with Gasteiger partial charge in [-0.25, -0.2) is 13.0 Å². The molecule has 0 saturated carbocycles. The fourth-order valence-electron chi connectivity index (χ4n) is 3.67. The van der Waals surface area contributed by atoms with Crippen LogP contribution >= 0.6 is 34.8 Å². The summed E-state index contributed by atoms with van der Waals surface area (Å²) in [6.07, 6.45) is -4.09. The predicted molar refractivity (Wildman–Crippen MR) is 133 cm³/mol. The highest BCUT2D eigenvalue weighted by molar-refractivity contribution is 7.93. The van der Waals surface area contributed by atoms with Crippen LogP contribution in [0.2, 0.25) is 15.1 Å². The van der Waals surface area contributed by atoms with Gasteiger partial charge >= 0.3 is 6.18 Å². The summed E-state index contributed by atoms with van der Waals surface area (Å²) in [6.45, 7) is 0.100. The Morgan fingerprint density at radius 3 is 2.22 bits per heavy atom. The smallest absolute Gasteiger partial charge is 0.374 e. The van der Waals surface area contributed by atoms with Crippen LogP contribution in [-0.2, 0) is 26.7 Å². The van der Waals surface area contributed by atoms with Crippen molar-refractivity contribution in [3.8, 4) is 0 Å². The average Bonchev–Trinajstić information content (AvgIpc) is 3.29. The highest BCUT2D eigenvalue weighted by Crippen LogP contribution is 2.50. The summed E-state index contributed by atoms with van der Waals surface area (Å²) in [5.74, 6) is -1.02. The summed E-state index contributed by atoms with van der Waals surface area (Å²) < 4.78 is 73.6. The van der Waals surface area contributed by atoms with Crippen molar-refractivity contribution in [3.63, 3.8) is 0 Å². The van der Waals surface area contributed by atoms with Crippen LogP contribution in [0.5, 0.6) is 0 Å². The van der Waals surface area contributed by atoms with Gasteiger partial charge in [0.1, 0.15) is 0 Å². The van der Waals surface area contributed by atoms with Gasteiger partial charge in [-0.3, -0.25) is 0 Å². The molecule has 0 bridgehead atoms. The fourth-order valence-corrected chi connectivity index (χ4v) is 6.02. The quantitative estimate of drug-likeness (QED) is 0.227. The molecule has 0 saturated heterocycles. The summed E-state index contributed by atoms with van der Waals surface area (Å²) in [5, 5.41) is 2.91. The first kappa shape index (κ1) is 26.7. The maximum absolute atomic E-state index is 14.2. The van der Waals surface area contributed by atoms with Crippen molar-refractivity contribution in [2.24, 2.45) is 9.52 Å². The van der Waals surface area contributed by atoms with Gasteiger partial charge in [-0.1, -0.05) is 76.4 Å². The van der Waals surface area contributed by atoms with E-state index in [9.17, 15) is 21.8 Å². The third-order valence-electron chi connectivity index (χ3n) is 5.66. The Labute approximate surface area is 220 Å². The zero-order valence-corrected chi connectivity index (χ0v) is 21.5. The lowest BCUT2D eigenvalue weighted by Crippen LogP contribution is -2.42. The van der Waals surface area contributed by atoms with Crippen LogP contribution < -0.4 is 0 Å². The third kappa shape index (κ3) is 5.07. The molecule has 2 unspecified atom stereocenters. The lowest BCUT2D eigenvalue weighted by molar-refractivity contribution is -0.275. The van der Waals surface area contributed by atoms with Crippen LogP contribution in [0, 0.1) is 5.82 Å². The molecule has 0 N–H and O–H groups in total. The molecule has 0 amide bonds. The van der Waals surface area contributed by atoms with Crippen LogP contribution in [0.4, 0.5) is 17.6 Å². The number of oxime groups is 1. The number of hydrogen-bond donors (Lipinski definition) is 0. The Hall–Kier alpha value is -2.33. The van der Waals surface area contributed by atoms with Crippen LogP contribution in [0.1, 0.15) is 23.1 Å². The van der Waals surface area contributed by atoms with Crippen molar-refractivity contribution < 1.29 is 26.6 Å². The first-order valence-electron chi connectivity index (χ1n) is 10.3. The fraction of sp³-hybridized carbons (Fsp3) is 0.208. The molecule has 3 aromatic carbocycles. The van der Waals surface area contributed by atoms with E-state index in [0.717, 1.165) is 12.1 Å². The Bertz CT molecular complexity index is 1450. The van der Waals surface area contributed by atoms with Crippen LogP contribution in [0.15, 0.2) is 75.1 Å². The normalized spacial score (nSPS) is 19.4. The van der Waals surface area contributed by atoms with Gasteiger partial charge in [-0.2, -0.15) is 13.2 Å². The number of rotatable bonds is 5. The molecular weight excluding hydrogens is 563 g/mol. The second kappa shape index (κ2) is 9.85. The van der Waals surface area contributed by atoms with E-state index in [1.165, 1.54) is 6.26 Å². The van der Waals surface area contributed by atoms with Gasteiger partial charge in [-0.05, 0) is 35.4 Å². The number of halogens is 7. The summed E-state index contributed by atoms with van der Waals surface area (Å²) >= 11 is 17.6. The maximum atomic E-state index is 14.2. The second-order valence-corrected chi connectivity index (χ2v) is 11.6. The van der Waals surface area contributed by atoms with Crippen molar-refractivity contribution in [1.82, 2.24) is 0 Å². The van der Waals surface area contributed by atoms with Gasteiger partial charge in [0.25, 0.3) is 5.60 Å². The van der Waals surface area contributed by atoms with Gasteiger partial charge in [0.15, 0.2) is 5.82 Å². The molecule has 0 aliphatic carbocycles. The average molecular weight is 580 g/mol. The lowest BCUT2D eigenvalue weighted by Gasteiger charge is -2.29. The molecule has 1 aliphatic rings. The van der Waals surface area contributed by atoms with E-state index in [4.69, 9.17) is 39.6 Å². The van der Waals surface area contributed by atoms with Gasteiger partial charge in [0, 0.05) is 18.2 Å². The van der Waals surface area contributed by atoms with E-state index >= 15 is 0 Å². The van der Waals surface area contributed by atoms with Crippen molar-refractivity contribution in [3.05, 3.63) is 98.2 Å². The highest BCUT2D eigenvalue weighted by Gasteiger charge is 2.62. The molecule has 4 rings (SSSR count). The number of benzene rings is 3. The molecule has 0 spiro atoms. The Morgan fingerprint density at radius 2 is 1.64 bits per heavy atom. The number of nitrogens with zero attached hydrogens (tertiary/aromatic N) is 2. The molecule has 2 atom stereocenters. The Morgan fingerprint density at radius 1 is 1.03 bits per heavy atom. The predicted octanol–water partition coefficient (Wildman–Crippen LogP) is 8.03. The zero-order chi connectivity index (χ0) is 26.3. The summed E-state index contributed by atoms with van der Waals surface area (Å²) in [6, 6.07) is 14.8. The highest BCUT2D eigenvalue weighted by atomic mass is 35.5. The van der Waals surface area contributed by atoms with Crippen LogP contribution in [0.25, 0.3) is 0 Å². The van der Waals surface area contributed by atoms with E-state index in [-0.39, 0.29) is 12.3 Å². The van der Waals surface area contributed by atoms with Gasteiger partial charge in [-0.15, -0.1) is 0 Å². The first-order chi connectivity index (χ1) is 16.8. The number of alkyl halides is 3. The van der Waals surface area contributed by atoms with Crippen molar-refractivity contribution >= 4 is 50.2 Å². The monoisotopic (exact) mass is 578 g/mol. The molecule has 1 aliphatic heterocycles. The van der Waals surface area contributed by atoms with E-state index in [0.29, 0.717) is 21.0 Å². The molecule has 0 aromatic heterocycles. The summed E-state index contributed by atoms with van der Waals surface area (Å²) in [4.78, 5) is 5.37. The standard InChI is InChI=1S/C24H17Cl3F4N2O2S/c1-36(34,21-5-3-2-4-17(21)25)32-13-14-6-8-15(9-7-14)20-12-23(35-33-20,24(29,30)31)16-10-18(26)22(28)19(27)11-16/h2-11H,12-13H2,1H3. The minimum Gasteiger partial charge on any atom is -0.374 e. The zero-order valence-electron chi connectivity index (χ0n) is 18.5. The Balaban J connectivity index is 1.57. The molecule has 1 heterocycles. The first-order valence-corrected chi connectivity index (χ1v) is 13.4. The van der Waals surface area contributed by atoms with E-state index in [1.807, 2.05) is 0 Å². The summed E-state index contributed by atoms with van der Waals surface area (Å²) in [7, 11) is -2.76. The minimum atomic E-state index is -4.90. The maximum Gasteiger partial charge on any atom is 0.435 e. The van der Waals surface area contributed by atoms with E-state index < -0.39 is 49.4 Å². The van der Waals surface area contributed by atoms with E-state index in [2.05, 4.69) is 9.52 Å². The number of hydrogen-bond acceptors (Lipinski definition) is 4. The van der Waals surface area contributed by atoms with Gasteiger partial charge in [0.2, 0.25) is 0 Å². The van der Waals surface area contributed by atoms with Crippen molar-refractivity contribution in [2.45, 2.75) is 29.6 Å². The van der Waals surface area contributed by atoms with Crippen LogP contribution in [-0.4, -0.2) is 22.4 Å². The van der Waals surface area contributed by atoms with Gasteiger partial charge < -0.3 is 4.84 Å². The molecule has 190 valence electrons. The molecule has 3 aromatic rings. The molecule has 12 heteroatoms. The molecule has 36 heavy (non-hydrogen) atoms. The molecule has 4 nitrogen and oxygen atoms in total. The minimum absolute atomic E-state index is 0.0303. The largest absolute Gasteiger partial charge is 0.435 e. The van der Waals surface area contributed by atoms with E-state index in [1.54, 1.807) is 48.5 Å². The molecule has 0 fully saturated rings. The van der Waals surface area contributed by atoms with Crippen molar-refractivity contribution in [2.75, 3.05) is 6.26 Å².